The molecule has 140 valence electrons. The fourth-order valence-electron chi connectivity index (χ4n) is 2.31. The van der Waals surface area contributed by atoms with Crippen molar-refractivity contribution in [3.05, 3.63) is 46.2 Å². The van der Waals surface area contributed by atoms with Gasteiger partial charge in [-0.05, 0) is 51.1 Å². The van der Waals surface area contributed by atoms with E-state index in [1.54, 1.807) is 18.2 Å². The number of rotatable bonds is 8. The van der Waals surface area contributed by atoms with Gasteiger partial charge in [-0.3, -0.25) is 4.79 Å². The fourth-order valence-corrected chi connectivity index (χ4v) is 2.64. The van der Waals surface area contributed by atoms with Crippen molar-refractivity contribution in [1.82, 2.24) is 0 Å². The fraction of sp³-hybridized carbons (Fsp3) is 0.316. The van der Waals surface area contributed by atoms with E-state index >= 15 is 0 Å². The summed E-state index contributed by atoms with van der Waals surface area (Å²) in [6.07, 6.45) is 0. The van der Waals surface area contributed by atoms with Crippen LogP contribution in [0.3, 0.4) is 0 Å². The van der Waals surface area contributed by atoms with Crippen LogP contribution in [0.5, 0.6) is 17.2 Å². The zero-order chi connectivity index (χ0) is 19.1. The van der Waals surface area contributed by atoms with Gasteiger partial charge >= 0.3 is 0 Å². The Kier molecular flexibility index (Phi) is 7.26. The zero-order valence-electron chi connectivity index (χ0n) is 14.9. The molecule has 0 aliphatic heterocycles. The lowest BCUT2D eigenvalue weighted by molar-refractivity contribution is 0.102. The van der Waals surface area contributed by atoms with Crippen LogP contribution in [0.2, 0.25) is 0 Å². The number of carbonyl (C=O) groups is 1. The number of carbonyl (C=O) groups excluding carboxylic acids is 1. The molecule has 2 aromatic rings. The topological polar surface area (TPSA) is 56.8 Å². The minimum atomic E-state index is -0.534. The Balaban J connectivity index is 2.38. The predicted octanol–water partition coefficient (Wildman–Crippen LogP) is 5.04. The third-order valence-corrected chi connectivity index (χ3v) is 3.84. The Labute approximate surface area is 160 Å². The van der Waals surface area contributed by atoms with Crippen LogP contribution in [0.4, 0.5) is 10.1 Å². The maximum Gasteiger partial charge on any atom is 0.256 e. The molecule has 26 heavy (non-hydrogen) atoms. The highest BCUT2D eigenvalue weighted by atomic mass is 79.9. The molecule has 2 rings (SSSR count). The summed E-state index contributed by atoms with van der Waals surface area (Å²) in [5, 5.41) is 2.56. The highest BCUT2D eigenvalue weighted by molar-refractivity contribution is 9.10. The molecule has 0 radical (unpaired) electrons. The molecule has 0 bridgehead atoms. The molecule has 0 aliphatic rings. The van der Waals surface area contributed by atoms with E-state index in [-0.39, 0.29) is 11.3 Å². The van der Waals surface area contributed by atoms with E-state index < -0.39 is 11.7 Å². The van der Waals surface area contributed by atoms with Crippen LogP contribution in [0.1, 0.15) is 31.1 Å². The lowest BCUT2D eigenvalue weighted by atomic mass is 10.1. The van der Waals surface area contributed by atoms with Crippen LogP contribution in [-0.4, -0.2) is 25.7 Å². The molecular formula is C19H21BrFNO4. The lowest BCUT2D eigenvalue weighted by Crippen LogP contribution is -2.14. The van der Waals surface area contributed by atoms with Gasteiger partial charge in [-0.25, -0.2) is 4.39 Å². The molecule has 2 aromatic carbocycles. The van der Waals surface area contributed by atoms with E-state index in [9.17, 15) is 9.18 Å². The largest absolute Gasteiger partial charge is 0.490 e. The Morgan fingerprint density at radius 1 is 1.00 bits per heavy atom. The van der Waals surface area contributed by atoms with Crippen LogP contribution in [0.15, 0.2) is 34.8 Å². The molecule has 0 saturated heterocycles. The second-order valence-corrected chi connectivity index (χ2v) is 6.09. The molecule has 0 saturated carbocycles. The first kappa shape index (κ1) is 20.0. The number of amides is 1. The SMILES string of the molecule is CCOc1cc(C(=O)Nc2ccc(Br)cc2F)cc(OCC)c1OCC. The van der Waals surface area contributed by atoms with E-state index in [0.29, 0.717) is 41.5 Å². The van der Waals surface area contributed by atoms with Crippen LogP contribution >= 0.6 is 15.9 Å². The summed E-state index contributed by atoms with van der Waals surface area (Å²) in [6.45, 7) is 6.74. The van der Waals surface area contributed by atoms with Gasteiger partial charge in [0.15, 0.2) is 11.5 Å². The first-order valence-corrected chi connectivity index (χ1v) is 9.12. The maximum absolute atomic E-state index is 14.0. The number of nitrogens with one attached hydrogen (secondary N) is 1. The van der Waals surface area contributed by atoms with Crippen molar-refractivity contribution >= 4 is 27.5 Å². The Bertz CT molecular complexity index is 755. The van der Waals surface area contributed by atoms with Gasteiger partial charge < -0.3 is 19.5 Å². The number of hydrogen-bond donors (Lipinski definition) is 1. The van der Waals surface area contributed by atoms with E-state index in [1.165, 1.54) is 12.1 Å². The van der Waals surface area contributed by atoms with Gasteiger partial charge in [-0.15, -0.1) is 0 Å². The molecule has 0 aromatic heterocycles. The normalized spacial score (nSPS) is 10.3. The summed E-state index contributed by atoms with van der Waals surface area (Å²) in [7, 11) is 0. The average molecular weight is 426 g/mol. The number of ether oxygens (including phenoxy) is 3. The first-order chi connectivity index (χ1) is 12.5. The smallest absolute Gasteiger partial charge is 0.256 e. The van der Waals surface area contributed by atoms with Crippen LogP contribution < -0.4 is 19.5 Å². The van der Waals surface area contributed by atoms with Crippen molar-refractivity contribution in [3.8, 4) is 17.2 Å². The summed E-state index contributed by atoms with van der Waals surface area (Å²) >= 11 is 3.18. The molecule has 0 unspecified atom stereocenters. The monoisotopic (exact) mass is 425 g/mol. The quantitative estimate of drug-likeness (QED) is 0.643. The summed E-state index contributed by atoms with van der Waals surface area (Å²) < 4.78 is 31.4. The molecule has 0 spiro atoms. The molecule has 0 aliphatic carbocycles. The van der Waals surface area contributed by atoms with Crippen LogP contribution in [0, 0.1) is 5.82 Å². The minimum Gasteiger partial charge on any atom is -0.490 e. The molecule has 1 amide bonds. The van der Waals surface area contributed by atoms with Gasteiger partial charge in [0.1, 0.15) is 5.82 Å². The highest BCUT2D eigenvalue weighted by Crippen LogP contribution is 2.39. The van der Waals surface area contributed by atoms with E-state index in [2.05, 4.69) is 21.2 Å². The third-order valence-electron chi connectivity index (χ3n) is 3.35. The first-order valence-electron chi connectivity index (χ1n) is 8.32. The van der Waals surface area contributed by atoms with Crippen molar-refractivity contribution in [3.63, 3.8) is 0 Å². The Morgan fingerprint density at radius 3 is 2.08 bits per heavy atom. The molecule has 1 N–H and O–H groups in total. The number of hydrogen-bond acceptors (Lipinski definition) is 4. The Morgan fingerprint density at radius 2 is 1.58 bits per heavy atom. The second kappa shape index (κ2) is 9.43. The lowest BCUT2D eigenvalue weighted by Gasteiger charge is -2.17. The molecular weight excluding hydrogens is 405 g/mol. The van der Waals surface area contributed by atoms with E-state index in [1.807, 2.05) is 20.8 Å². The summed E-state index contributed by atoms with van der Waals surface area (Å²) in [5.41, 5.74) is 0.366. The zero-order valence-corrected chi connectivity index (χ0v) is 16.5. The highest BCUT2D eigenvalue weighted by Gasteiger charge is 2.19. The molecule has 0 atom stereocenters. The van der Waals surface area contributed by atoms with Gasteiger partial charge in [0, 0.05) is 10.0 Å². The number of anilines is 1. The molecule has 0 fully saturated rings. The summed E-state index contributed by atoms with van der Waals surface area (Å²) in [5.74, 6) is 0.246. The van der Waals surface area contributed by atoms with Crippen molar-refractivity contribution in [2.24, 2.45) is 0 Å². The van der Waals surface area contributed by atoms with Crippen molar-refractivity contribution < 1.29 is 23.4 Å². The maximum atomic E-state index is 14.0. The molecule has 0 heterocycles. The van der Waals surface area contributed by atoms with Crippen LogP contribution in [-0.2, 0) is 0 Å². The van der Waals surface area contributed by atoms with Gasteiger partial charge in [-0.2, -0.15) is 0 Å². The average Bonchev–Trinajstić information content (AvgIpc) is 2.60. The van der Waals surface area contributed by atoms with Crippen molar-refractivity contribution in [2.45, 2.75) is 20.8 Å². The van der Waals surface area contributed by atoms with E-state index in [4.69, 9.17) is 14.2 Å². The van der Waals surface area contributed by atoms with E-state index in [0.717, 1.165) is 0 Å². The predicted molar refractivity (Wildman–Crippen MR) is 102 cm³/mol. The minimum absolute atomic E-state index is 0.0861. The van der Waals surface area contributed by atoms with Gasteiger partial charge in [0.25, 0.3) is 5.91 Å². The second-order valence-electron chi connectivity index (χ2n) is 5.18. The Hall–Kier alpha value is -2.28. The number of benzene rings is 2. The summed E-state index contributed by atoms with van der Waals surface area (Å²) in [6, 6.07) is 7.53. The number of halogens is 2. The van der Waals surface area contributed by atoms with Crippen molar-refractivity contribution in [1.29, 1.82) is 0 Å². The van der Waals surface area contributed by atoms with Gasteiger partial charge in [0.05, 0.1) is 25.5 Å². The third kappa shape index (κ3) is 4.88. The molecule has 5 nitrogen and oxygen atoms in total. The van der Waals surface area contributed by atoms with Gasteiger partial charge in [-0.1, -0.05) is 15.9 Å². The molecule has 7 heteroatoms. The standard InChI is InChI=1S/C19H21BrFNO4/c1-4-24-16-9-12(10-17(25-5-2)18(16)26-6-3)19(23)22-15-8-7-13(20)11-14(15)21/h7-11H,4-6H2,1-3H3,(H,22,23). The van der Waals surface area contributed by atoms with Gasteiger partial charge in [0.2, 0.25) is 5.75 Å². The van der Waals surface area contributed by atoms with Crippen molar-refractivity contribution in [2.75, 3.05) is 25.1 Å². The van der Waals surface area contributed by atoms with Crippen LogP contribution in [0.25, 0.3) is 0 Å². The summed E-state index contributed by atoms with van der Waals surface area (Å²) in [4.78, 5) is 12.6.